The first-order valence-electron chi connectivity index (χ1n) is 9.18. The molecule has 2 atom stereocenters. The van der Waals surface area contributed by atoms with E-state index in [1.54, 1.807) is 12.1 Å². The molecule has 2 aromatic rings. The Labute approximate surface area is 152 Å². The van der Waals surface area contributed by atoms with Gasteiger partial charge in [0.25, 0.3) is 0 Å². The molecule has 1 saturated heterocycles. The SMILES string of the molecule is COc1cc2c(cc1F)C1(CO2)CN(C[C@H]2CCCO2)c2ccccc21. The van der Waals surface area contributed by atoms with Crippen LogP contribution in [0.5, 0.6) is 11.5 Å². The van der Waals surface area contributed by atoms with Crippen LogP contribution in [0.3, 0.4) is 0 Å². The highest BCUT2D eigenvalue weighted by molar-refractivity contribution is 5.69. The topological polar surface area (TPSA) is 30.9 Å². The molecule has 5 heteroatoms. The summed E-state index contributed by atoms with van der Waals surface area (Å²) in [6, 6.07) is 11.7. The van der Waals surface area contributed by atoms with Crippen molar-refractivity contribution in [1.82, 2.24) is 0 Å². The lowest BCUT2D eigenvalue weighted by Crippen LogP contribution is -2.39. The molecule has 0 aromatic heterocycles. The molecule has 0 bridgehead atoms. The molecule has 0 saturated carbocycles. The molecule has 26 heavy (non-hydrogen) atoms. The molecule has 0 N–H and O–H groups in total. The van der Waals surface area contributed by atoms with E-state index in [1.165, 1.54) is 18.4 Å². The largest absolute Gasteiger partial charge is 0.494 e. The van der Waals surface area contributed by atoms with Crippen LogP contribution in [0.1, 0.15) is 24.0 Å². The minimum absolute atomic E-state index is 0.225. The maximum absolute atomic E-state index is 14.5. The van der Waals surface area contributed by atoms with Gasteiger partial charge in [-0.15, -0.1) is 0 Å². The molecule has 1 unspecified atom stereocenters. The van der Waals surface area contributed by atoms with Crippen LogP contribution in [0.15, 0.2) is 36.4 Å². The van der Waals surface area contributed by atoms with Crippen molar-refractivity contribution in [3.63, 3.8) is 0 Å². The minimum Gasteiger partial charge on any atom is -0.494 e. The Morgan fingerprint density at radius 2 is 2.15 bits per heavy atom. The number of fused-ring (bicyclic) bond motifs is 4. The second-order valence-electron chi connectivity index (χ2n) is 7.39. The zero-order valence-corrected chi connectivity index (χ0v) is 14.8. The number of para-hydroxylation sites is 1. The molecule has 3 aliphatic rings. The van der Waals surface area contributed by atoms with Crippen LogP contribution < -0.4 is 14.4 Å². The number of ether oxygens (including phenoxy) is 3. The van der Waals surface area contributed by atoms with Crippen LogP contribution in [0.25, 0.3) is 0 Å². The van der Waals surface area contributed by atoms with Crippen molar-refractivity contribution in [2.75, 3.05) is 38.3 Å². The van der Waals surface area contributed by atoms with E-state index in [0.717, 1.165) is 43.9 Å². The van der Waals surface area contributed by atoms with E-state index in [2.05, 4.69) is 23.1 Å². The molecule has 3 aliphatic heterocycles. The third-order valence-corrected chi connectivity index (χ3v) is 5.91. The number of methoxy groups -OCH3 is 1. The maximum Gasteiger partial charge on any atom is 0.165 e. The van der Waals surface area contributed by atoms with Crippen molar-refractivity contribution in [2.45, 2.75) is 24.4 Å². The highest BCUT2D eigenvalue weighted by atomic mass is 19.1. The molecule has 4 nitrogen and oxygen atoms in total. The van der Waals surface area contributed by atoms with Gasteiger partial charge in [-0.2, -0.15) is 0 Å². The van der Waals surface area contributed by atoms with Gasteiger partial charge in [-0.3, -0.25) is 0 Å². The third-order valence-electron chi connectivity index (χ3n) is 5.91. The number of nitrogens with zero attached hydrogens (tertiary/aromatic N) is 1. The molecule has 2 aromatic carbocycles. The standard InChI is InChI=1S/C21H22FNO3/c1-24-20-10-19-16(9-17(20)22)21(13-26-19)12-23(11-14-5-4-8-25-14)18-7-3-2-6-15(18)21/h2-3,6-7,9-10,14H,4-5,8,11-13H2,1H3/t14-,21?/m1/s1. The molecule has 3 heterocycles. The number of rotatable bonds is 3. The molecule has 1 spiro atoms. The van der Waals surface area contributed by atoms with E-state index < -0.39 is 0 Å². The number of hydrogen-bond donors (Lipinski definition) is 0. The fourth-order valence-electron chi connectivity index (χ4n) is 4.66. The van der Waals surface area contributed by atoms with Crippen molar-refractivity contribution in [1.29, 1.82) is 0 Å². The summed E-state index contributed by atoms with van der Waals surface area (Å²) in [7, 11) is 1.48. The van der Waals surface area contributed by atoms with E-state index in [0.29, 0.717) is 6.61 Å². The number of halogens is 1. The van der Waals surface area contributed by atoms with Gasteiger partial charge in [0.2, 0.25) is 0 Å². The average molecular weight is 355 g/mol. The van der Waals surface area contributed by atoms with Crippen LogP contribution >= 0.6 is 0 Å². The third kappa shape index (κ3) is 2.23. The van der Waals surface area contributed by atoms with Gasteiger partial charge in [0.05, 0.1) is 18.6 Å². The number of benzene rings is 2. The summed E-state index contributed by atoms with van der Waals surface area (Å²) in [4.78, 5) is 2.38. The predicted molar refractivity (Wildman–Crippen MR) is 96.9 cm³/mol. The van der Waals surface area contributed by atoms with Crippen molar-refractivity contribution in [3.05, 3.63) is 53.3 Å². The zero-order valence-electron chi connectivity index (χ0n) is 14.8. The van der Waals surface area contributed by atoms with Gasteiger partial charge >= 0.3 is 0 Å². The van der Waals surface area contributed by atoms with Crippen molar-refractivity contribution < 1.29 is 18.6 Å². The monoisotopic (exact) mass is 355 g/mol. The van der Waals surface area contributed by atoms with Gasteiger partial charge in [0, 0.05) is 37.0 Å². The molecular formula is C21H22FNO3. The van der Waals surface area contributed by atoms with E-state index in [1.807, 2.05) is 6.07 Å². The maximum atomic E-state index is 14.5. The van der Waals surface area contributed by atoms with Crippen molar-refractivity contribution >= 4 is 5.69 Å². The van der Waals surface area contributed by atoms with E-state index in [9.17, 15) is 4.39 Å². The molecule has 0 amide bonds. The van der Waals surface area contributed by atoms with Crippen LogP contribution in [0.4, 0.5) is 10.1 Å². The Balaban J connectivity index is 1.58. The molecule has 0 aliphatic carbocycles. The summed E-state index contributed by atoms with van der Waals surface area (Å²) in [5, 5.41) is 0. The Morgan fingerprint density at radius 1 is 1.27 bits per heavy atom. The summed E-state index contributed by atoms with van der Waals surface area (Å²) in [5.74, 6) is 0.603. The summed E-state index contributed by atoms with van der Waals surface area (Å²) in [6.45, 7) is 3.02. The summed E-state index contributed by atoms with van der Waals surface area (Å²) in [5.41, 5.74) is 2.99. The first-order valence-corrected chi connectivity index (χ1v) is 9.18. The summed E-state index contributed by atoms with van der Waals surface area (Å²) >= 11 is 0. The van der Waals surface area contributed by atoms with E-state index >= 15 is 0 Å². The minimum atomic E-state index is -0.341. The average Bonchev–Trinajstić information content (AvgIpc) is 3.36. The predicted octanol–water partition coefficient (Wildman–Crippen LogP) is 3.51. The first kappa shape index (κ1) is 15.9. The lowest BCUT2D eigenvalue weighted by atomic mass is 9.78. The van der Waals surface area contributed by atoms with E-state index in [-0.39, 0.29) is 23.1 Å². The number of anilines is 1. The zero-order chi connectivity index (χ0) is 17.7. The lowest BCUT2D eigenvalue weighted by Gasteiger charge is -2.26. The van der Waals surface area contributed by atoms with Crippen molar-refractivity contribution in [3.8, 4) is 11.5 Å². The molecule has 0 radical (unpaired) electrons. The van der Waals surface area contributed by atoms with Crippen molar-refractivity contribution in [2.24, 2.45) is 0 Å². The van der Waals surface area contributed by atoms with Gasteiger partial charge in [0.15, 0.2) is 11.6 Å². The quantitative estimate of drug-likeness (QED) is 0.843. The molecule has 1 fully saturated rings. The fraction of sp³-hybridized carbons (Fsp3) is 0.429. The van der Waals surface area contributed by atoms with Crippen LogP contribution in [-0.4, -0.2) is 39.5 Å². The normalized spacial score (nSPS) is 26.1. The molecule has 5 rings (SSSR count). The highest BCUT2D eigenvalue weighted by Gasteiger charge is 2.50. The second kappa shape index (κ2) is 5.88. The number of hydrogen-bond acceptors (Lipinski definition) is 4. The molecular weight excluding hydrogens is 333 g/mol. The first-order chi connectivity index (χ1) is 12.7. The van der Waals surface area contributed by atoms with Gasteiger partial charge in [-0.25, -0.2) is 4.39 Å². The van der Waals surface area contributed by atoms with Gasteiger partial charge in [-0.1, -0.05) is 18.2 Å². The molecule has 136 valence electrons. The Hall–Kier alpha value is -2.27. The summed E-state index contributed by atoms with van der Waals surface area (Å²) in [6.07, 6.45) is 2.50. The van der Waals surface area contributed by atoms with Crippen LogP contribution in [-0.2, 0) is 10.2 Å². The van der Waals surface area contributed by atoms with Crippen LogP contribution in [0, 0.1) is 5.82 Å². The Morgan fingerprint density at radius 3 is 2.96 bits per heavy atom. The lowest BCUT2D eigenvalue weighted by molar-refractivity contribution is 0.115. The second-order valence-corrected chi connectivity index (χ2v) is 7.39. The van der Waals surface area contributed by atoms with Crippen LogP contribution in [0.2, 0.25) is 0 Å². The van der Waals surface area contributed by atoms with E-state index in [4.69, 9.17) is 14.2 Å². The van der Waals surface area contributed by atoms with Gasteiger partial charge < -0.3 is 19.1 Å². The Kier molecular flexibility index (Phi) is 3.60. The smallest absolute Gasteiger partial charge is 0.165 e. The Bertz CT molecular complexity index is 849. The summed E-state index contributed by atoms with van der Waals surface area (Å²) < 4.78 is 31.4. The fourth-order valence-corrected chi connectivity index (χ4v) is 4.66. The van der Waals surface area contributed by atoms with Gasteiger partial charge in [0.1, 0.15) is 12.4 Å². The van der Waals surface area contributed by atoms with Gasteiger partial charge in [-0.05, 0) is 30.5 Å². The highest BCUT2D eigenvalue weighted by Crippen LogP contribution is 2.52.